The number of nitrogens with two attached hydrogens (primary N) is 1. The molecule has 1 unspecified atom stereocenters. The highest BCUT2D eigenvalue weighted by molar-refractivity contribution is 5.83. The molecule has 0 bridgehead atoms. The zero-order valence-electron chi connectivity index (χ0n) is 12.2. The molecule has 22 heavy (non-hydrogen) atoms. The predicted octanol–water partition coefficient (Wildman–Crippen LogP) is 0.340. The first-order valence-corrected chi connectivity index (χ1v) is 7.33. The van der Waals surface area contributed by atoms with Crippen LogP contribution >= 0.6 is 0 Å². The zero-order chi connectivity index (χ0) is 15.7. The third-order valence-corrected chi connectivity index (χ3v) is 4.23. The number of carbonyl (C=O) groups excluding carboxylic acids is 1. The number of β-amino-alcohol motifs (C(OH)–C–C–N with tert-alkyl or cyclic N) is 1. The molecule has 0 saturated carbocycles. The van der Waals surface area contributed by atoms with E-state index < -0.39 is 11.5 Å². The van der Waals surface area contributed by atoms with Crippen LogP contribution in [0.3, 0.4) is 0 Å². The number of rotatable bonds is 3. The molecule has 1 saturated heterocycles. The summed E-state index contributed by atoms with van der Waals surface area (Å²) < 4.78 is 0. The molecule has 4 N–H and O–H groups in total. The largest absolute Gasteiger partial charge is 0.379 e. The van der Waals surface area contributed by atoms with Gasteiger partial charge in [-0.25, -0.2) is 0 Å². The van der Waals surface area contributed by atoms with Gasteiger partial charge in [-0.05, 0) is 36.9 Å². The van der Waals surface area contributed by atoms with E-state index in [0.29, 0.717) is 24.9 Å². The normalized spacial score (nSPS) is 22.8. The van der Waals surface area contributed by atoms with Crippen molar-refractivity contribution < 1.29 is 9.90 Å². The molecular weight excluding hydrogens is 282 g/mol. The maximum absolute atomic E-state index is 12.2. The van der Waals surface area contributed by atoms with Crippen LogP contribution in [-0.4, -0.2) is 39.6 Å². The van der Waals surface area contributed by atoms with E-state index in [0.717, 1.165) is 17.4 Å². The summed E-state index contributed by atoms with van der Waals surface area (Å²) in [5, 5.41) is 11.2. The maximum Gasteiger partial charge on any atom is 0.252 e. The standard InChI is InChI=1S/C16H19N3O3/c17-15(21)16(22)6-3-7-19(10-16)9-12-8-11-4-1-2-5-13(11)18-14(12)20/h1-2,4-5,8,22H,3,6-7,9-10H2,(H2,17,21)(H,18,20). The number of H-pyrrole nitrogens is 1. The van der Waals surface area contributed by atoms with Crippen molar-refractivity contribution in [2.24, 2.45) is 5.73 Å². The highest BCUT2D eigenvalue weighted by Crippen LogP contribution is 2.22. The van der Waals surface area contributed by atoms with Gasteiger partial charge >= 0.3 is 0 Å². The Morgan fingerprint density at radius 2 is 2.18 bits per heavy atom. The van der Waals surface area contributed by atoms with Crippen LogP contribution in [-0.2, 0) is 11.3 Å². The van der Waals surface area contributed by atoms with Crippen molar-refractivity contribution in [3.05, 3.63) is 46.2 Å². The summed E-state index contributed by atoms with van der Waals surface area (Å²) in [5.74, 6) is -0.704. The second-order valence-corrected chi connectivity index (χ2v) is 5.92. The SMILES string of the molecule is NC(=O)C1(O)CCCN(Cc2cc3ccccc3[nH]c2=O)C1. The minimum atomic E-state index is -1.50. The van der Waals surface area contributed by atoms with Crippen molar-refractivity contribution in [2.45, 2.75) is 25.0 Å². The third-order valence-electron chi connectivity index (χ3n) is 4.23. The van der Waals surface area contributed by atoms with E-state index in [1.165, 1.54) is 0 Å². The molecular formula is C16H19N3O3. The number of pyridine rings is 1. The van der Waals surface area contributed by atoms with E-state index in [2.05, 4.69) is 4.98 Å². The van der Waals surface area contributed by atoms with Crippen LogP contribution in [0.2, 0.25) is 0 Å². The molecule has 0 spiro atoms. The molecule has 1 amide bonds. The Balaban J connectivity index is 1.85. The third kappa shape index (κ3) is 2.75. The number of benzene rings is 1. The number of aliphatic hydroxyl groups is 1. The molecule has 0 aliphatic carbocycles. The van der Waals surface area contributed by atoms with E-state index in [-0.39, 0.29) is 12.1 Å². The van der Waals surface area contributed by atoms with Gasteiger partial charge in [0.15, 0.2) is 5.60 Å². The van der Waals surface area contributed by atoms with E-state index in [4.69, 9.17) is 5.73 Å². The topological polar surface area (TPSA) is 99.4 Å². The Kier molecular flexibility index (Phi) is 3.72. The van der Waals surface area contributed by atoms with Gasteiger partial charge < -0.3 is 15.8 Å². The van der Waals surface area contributed by atoms with E-state index in [1.54, 1.807) is 0 Å². The molecule has 6 heteroatoms. The van der Waals surface area contributed by atoms with Gasteiger partial charge in [0.2, 0.25) is 0 Å². The van der Waals surface area contributed by atoms with Crippen molar-refractivity contribution >= 4 is 16.8 Å². The number of amides is 1. The van der Waals surface area contributed by atoms with Crippen LogP contribution in [0.15, 0.2) is 35.1 Å². The van der Waals surface area contributed by atoms with E-state index >= 15 is 0 Å². The molecule has 1 aliphatic heterocycles. The van der Waals surface area contributed by atoms with Crippen molar-refractivity contribution in [3.63, 3.8) is 0 Å². The lowest BCUT2D eigenvalue weighted by molar-refractivity contribution is -0.142. The van der Waals surface area contributed by atoms with Gasteiger partial charge in [0.05, 0.1) is 0 Å². The van der Waals surface area contributed by atoms with Crippen LogP contribution in [0, 0.1) is 0 Å². The summed E-state index contributed by atoms with van der Waals surface area (Å²) in [7, 11) is 0. The van der Waals surface area contributed by atoms with Gasteiger partial charge in [-0.1, -0.05) is 18.2 Å². The Morgan fingerprint density at radius 1 is 1.41 bits per heavy atom. The van der Waals surface area contributed by atoms with Crippen LogP contribution < -0.4 is 11.3 Å². The average Bonchev–Trinajstić information content (AvgIpc) is 2.48. The molecule has 1 atom stereocenters. The quantitative estimate of drug-likeness (QED) is 0.761. The van der Waals surface area contributed by atoms with Gasteiger partial charge in [0, 0.05) is 24.2 Å². The molecule has 2 heterocycles. The number of hydrogen-bond acceptors (Lipinski definition) is 4. The number of nitrogens with one attached hydrogen (secondary N) is 1. The molecule has 2 aromatic rings. The predicted molar refractivity (Wildman–Crippen MR) is 83.2 cm³/mol. The molecule has 0 radical (unpaired) electrons. The smallest absolute Gasteiger partial charge is 0.252 e. The average molecular weight is 301 g/mol. The molecule has 1 aromatic heterocycles. The Bertz CT molecular complexity index is 771. The van der Waals surface area contributed by atoms with Crippen molar-refractivity contribution in [1.29, 1.82) is 0 Å². The summed E-state index contributed by atoms with van der Waals surface area (Å²) in [4.78, 5) is 28.3. The first-order chi connectivity index (χ1) is 10.5. The van der Waals surface area contributed by atoms with E-state index in [9.17, 15) is 14.7 Å². The van der Waals surface area contributed by atoms with Gasteiger partial charge in [0.25, 0.3) is 11.5 Å². The Labute approximate surface area is 127 Å². The van der Waals surface area contributed by atoms with Crippen molar-refractivity contribution in [3.8, 4) is 0 Å². The summed E-state index contributed by atoms with van der Waals surface area (Å²) in [6.07, 6.45) is 1.04. The maximum atomic E-state index is 12.2. The van der Waals surface area contributed by atoms with Crippen LogP contribution in [0.5, 0.6) is 0 Å². The summed E-state index contributed by atoms with van der Waals surface area (Å²) in [6, 6.07) is 9.43. The molecule has 116 valence electrons. The molecule has 1 fully saturated rings. The number of fused-ring (bicyclic) bond motifs is 1. The lowest BCUT2D eigenvalue weighted by atomic mass is 9.92. The second kappa shape index (κ2) is 5.55. The number of aromatic nitrogens is 1. The number of primary amides is 1. The van der Waals surface area contributed by atoms with Crippen LogP contribution in [0.4, 0.5) is 0 Å². The molecule has 1 aliphatic rings. The van der Waals surface area contributed by atoms with Crippen molar-refractivity contribution in [1.82, 2.24) is 9.88 Å². The highest BCUT2D eigenvalue weighted by Gasteiger charge is 2.38. The first kappa shape index (κ1) is 14.7. The summed E-state index contributed by atoms with van der Waals surface area (Å²) in [6.45, 7) is 1.27. The minimum Gasteiger partial charge on any atom is -0.379 e. The number of nitrogens with zero attached hydrogens (tertiary/aromatic N) is 1. The number of likely N-dealkylation sites (tertiary alicyclic amines) is 1. The van der Waals surface area contributed by atoms with Gasteiger partial charge in [-0.2, -0.15) is 0 Å². The molecule has 1 aromatic carbocycles. The summed E-state index contributed by atoms with van der Waals surface area (Å²) in [5.41, 5.74) is 5.05. The van der Waals surface area contributed by atoms with Crippen LogP contribution in [0.1, 0.15) is 18.4 Å². The lowest BCUT2D eigenvalue weighted by Gasteiger charge is -2.36. The highest BCUT2D eigenvalue weighted by atomic mass is 16.3. The lowest BCUT2D eigenvalue weighted by Crippen LogP contribution is -2.55. The number of aromatic amines is 1. The van der Waals surface area contributed by atoms with Crippen LogP contribution in [0.25, 0.3) is 10.9 Å². The fraction of sp³-hybridized carbons (Fsp3) is 0.375. The minimum absolute atomic E-state index is 0.146. The molecule has 3 rings (SSSR count). The first-order valence-electron chi connectivity index (χ1n) is 7.33. The summed E-state index contributed by atoms with van der Waals surface area (Å²) >= 11 is 0. The fourth-order valence-electron chi connectivity index (χ4n) is 3.01. The number of piperidine rings is 1. The molecule has 6 nitrogen and oxygen atoms in total. The van der Waals surface area contributed by atoms with Gasteiger partial charge in [0.1, 0.15) is 0 Å². The Hall–Kier alpha value is -2.18. The number of carbonyl (C=O) groups is 1. The second-order valence-electron chi connectivity index (χ2n) is 5.92. The van der Waals surface area contributed by atoms with Crippen molar-refractivity contribution in [2.75, 3.05) is 13.1 Å². The van der Waals surface area contributed by atoms with E-state index in [1.807, 2.05) is 35.2 Å². The monoisotopic (exact) mass is 301 g/mol. The number of hydrogen-bond donors (Lipinski definition) is 3. The Morgan fingerprint density at radius 3 is 2.95 bits per heavy atom. The van der Waals surface area contributed by atoms with Gasteiger partial charge in [-0.3, -0.25) is 14.5 Å². The fourth-order valence-corrected chi connectivity index (χ4v) is 3.01. The number of para-hydroxylation sites is 1. The van der Waals surface area contributed by atoms with Gasteiger partial charge in [-0.15, -0.1) is 0 Å². The zero-order valence-corrected chi connectivity index (χ0v) is 12.2.